The first-order chi connectivity index (χ1) is 10.4. The first kappa shape index (κ1) is 17.6. The van der Waals surface area contributed by atoms with E-state index >= 15 is 0 Å². The largest absolute Gasteiger partial charge is 0.453 e. The smallest absolute Gasteiger partial charge is 0.330 e. The summed E-state index contributed by atoms with van der Waals surface area (Å²) in [7, 11) is 0. The number of nitrogens with two attached hydrogens (primary N) is 1. The molecule has 4 atom stereocenters. The zero-order valence-electron chi connectivity index (χ0n) is 11.8. The van der Waals surface area contributed by atoms with Gasteiger partial charge < -0.3 is 24.7 Å². The molecule has 1 heterocycles. The van der Waals surface area contributed by atoms with E-state index in [1.807, 2.05) is 0 Å². The predicted octanol–water partition coefficient (Wildman–Crippen LogP) is -0.405. The first-order valence-corrected chi connectivity index (χ1v) is 6.29. The van der Waals surface area contributed by atoms with Crippen LogP contribution in [0.1, 0.15) is 0 Å². The summed E-state index contributed by atoms with van der Waals surface area (Å²) >= 11 is 0. The van der Waals surface area contributed by atoms with Gasteiger partial charge in [-0.2, -0.15) is 0 Å². The molecular formula is C14H17NO7. The summed E-state index contributed by atoms with van der Waals surface area (Å²) in [6, 6.07) is 0. The molecule has 0 aromatic heterocycles. The Hall–Kier alpha value is -2.45. The van der Waals surface area contributed by atoms with Gasteiger partial charge in [0.2, 0.25) is 0 Å². The zero-order chi connectivity index (χ0) is 16.7. The average molecular weight is 311 g/mol. The van der Waals surface area contributed by atoms with Crippen LogP contribution in [0.3, 0.4) is 0 Å². The van der Waals surface area contributed by atoms with Crippen LogP contribution in [0, 0.1) is 0 Å². The van der Waals surface area contributed by atoms with Gasteiger partial charge in [0.05, 0.1) is 6.61 Å². The van der Waals surface area contributed by atoms with E-state index < -0.39 is 42.4 Å². The molecule has 0 aromatic rings. The third kappa shape index (κ3) is 4.54. The van der Waals surface area contributed by atoms with E-state index in [2.05, 4.69) is 19.7 Å². The maximum absolute atomic E-state index is 11.4. The monoisotopic (exact) mass is 311 g/mol. The van der Waals surface area contributed by atoms with Crippen molar-refractivity contribution in [3.8, 4) is 0 Å². The van der Waals surface area contributed by atoms with Crippen molar-refractivity contribution >= 4 is 17.9 Å². The SMILES string of the molecule is C=CC(=O)OC1COC(N)C(OC(=O)C=C)C1OC(=O)C=C. The lowest BCUT2D eigenvalue weighted by molar-refractivity contribution is -0.221. The highest BCUT2D eigenvalue weighted by Crippen LogP contribution is 2.22. The number of ether oxygens (including phenoxy) is 4. The molecule has 1 aliphatic heterocycles. The van der Waals surface area contributed by atoms with Crippen LogP contribution in [-0.2, 0) is 33.3 Å². The molecule has 22 heavy (non-hydrogen) atoms. The molecule has 1 fully saturated rings. The summed E-state index contributed by atoms with van der Waals surface area (Å²) in [4.78, 5) is 34.2. The second kappa shape index (κ2) is 8.11. The molecule has 2 N–H and O–H groups in total. The molecule has 1 aliphatic rings. The van der Waals surface area contributed by atoms with Gasteiger partial charge in [-0.15, -0.1) is 0 Å². The van der Waals surface area contributed by atoms with Crippen LogP contribution in [0.5, 0.6) is 0 Å². The lowest BCUT2D eigenvalue weighted by atomic mass is 10.0. The van der Waals surface area contributed by atoms with Gasteiger partial charge in [-0.25, -0.2) is 14.4 Å². The maximum Gasteiger partial charge on any atom is 0.330 e. The minimum absolute atomic E-state index is 0.141. The normalized spacial score (nSPS) is 27.1. The van der Waals surface area contributed by atoms with Crippen LogP contribution < -0.4 is 5.73 Å². The van der Waals surface area contributed by atoms with Crippen LogP contribution in [0.25, 0.3) is 0 Å². The predicted molar refractivity (Wildman–Crippen MR) is 74.2 cm³/mol. The zero-order valence-corrected chi connectivity index (χ0v) is 11.8. The standard InChI is InChI=1S/C14H17NO7/c1-4-9(16)20-8-7-19-14(15)13(22-11(18)6-3)12(8)21-10(17)5-2/h4-6,8,12-14H,1-3,7,15H2. The topological polar surface area (TPSA) is 114 Å². The Morgan fingerprint density at radius 1 is 0.909 bits per heavy atom. The summed E-state index contributed by atoms with van der Waals surface area (Å²) in [5, 5.41) is 0. The molecule has 0 amide bonds. The Morgan fingerprint density at radius 2 is 1.36 bits per heavy atom. The summed E-state index contributed by atoms with van der Waals surface area (Å²) in [6.45, 7) is 9.64. The van der Waals surface area contributed by atoms with Gasteiger partial charge in [-0.1, -0.05) is 19.7 Å². The van der Waals surface area contributed by atoms with E-state index in [9.17, 15) is 14.4 Å². The van der Waals surface area contributed by atoms with Crippen molar-refractivity contribution in [2.24, 2.45) is 5.73 Å². The third-order valence-corrected chi connectivity index (χ3v) is 2.74. The van der Waals surface area contributed by atoms with Gasteiger partial charge in [0.25, 0.3) is 0 Å². The molecule has 0 saturated carbocycles. The van der Waals surface area contributed by atoms with Crippen molar-refractivity contribution in [1.82, 2.24) is 0 Å². The van der Waals surface area contributed by atoms with Gasteiger partial charge >= 0.3 is 17.9 Å². The Morgan fingerprint density at radius 3 is 1.86 bits per heavy atom. The Labute approximate surface area is 127 Å². The second-order valence-electron chi connectivity index (χ2n) is 4.19. The molecule has 1 saturated heterocycles. The highest BCUT2D eigenvalue weighted by Gasteiger charge is 2.45. The highest BCUT2D eigenvalue weighted by atomic mass is 16.6. The van der Waals surface area contributed by atoms with Crippen LogP contribution in [-0.4, -0.2) is 49.1 Å². The van der Waals surface area contributed by atoms with Crippen molar-refractivity contribution in [2.45, 2.75) is 24.5 Å². The van der Waals surface area contributed by atoms with Crippen molar-refractivity contribution in [2.75, 3.05) is 6.61 Å². The lowest BCUT2D eigenvalue weighted by Gasteiger charge is -2.38. The molecule has 0 spiro atoms. The summed E-state index contributed by atoms with van der Waals surface area (Å²) in [5.41, 5.74) is 5.70. The van der Waals surface area contributed by atoms with E-state index in [0.717, 1.165) is 18.2 Å². The van der Waals surface area contributed by atoms with Gasteiger partial charge in [0.15, 0.2) is 18.3 Å². The highest BCUT2D eigenvalue weighted by molar-refractivity contribution is 5.83. The van der Waals surface area contributed by atoms with Crippen molar-refractivity contribution in [1.29, 1.82) is 0 Å². The van der Waals surface area contributed by atoms with Crippen molar-refractivity contribution < 1.29 is 33.3 Å². The molecule has 1 rings (SSSR count). The number of rotatable bonds is 6. The molecule has 4 unspecified atom stereocenters. The molecule has 8 heteroatoms. The minimum atomic E-state index is -1.18. The Bertz CT molecular complexity index is 488. The van der Waals surface area contributed by atoms with Gasteiger partial charge in [0, 0.05) is 18.2 Å². The van der Waals surface area contributed by atoms with E-state index in [1.165, 1.54) is 0 Å². The van der Waals surface area contributed by atoms with Gasteiger partial charge in [-0.3, -0.25) is 0 Å². The fourth-order valence-electron chi connectivity index (χ4n) is 1.73. The van der Waals surface area contributed by atoms with E-state index in [-0.39, 0.29) is 6.61 Å². The average Bonchev–Trinajstić information content (AvgIpc) is 2.52. The molecule has 120 valence electrons. The molecule has 0 bridgehead atoms. The Balaban J connectivity index is 2.99. The third-order valence-electron chi connectivity index (χ3n) is 2.74. The molecule has 0 radical (unpaired) electrons. The number of hydrogen-bond donors (Lipinski definition) is 1. The van der Waals surface area contributed by atoms with Gasteiger partial charge in [-0.05, 0) is 0 Å². The quantitative estimate of drug-likeness (QED) is 0.400. The van der Waals surface area contributed by atoms with Gasteiger partial charge in [0.1, 0.15) is 6.23 Å². The molecule has 0 aromatic carbocycles. The second-order valence-corrected chi connectivity index (χ2v) is 4.19. The molecular weight excluding hydrogens is 294 g/mol. The van der Waals surface area contributed by atoms with E-state index in [4.69, 9.17) is 24.7 Å². The Kier molecular flexibility index (Phi) is 6.48. The minimum Gasteiger partial charge on any atom is -0.453 e. The maximum atomic E-state index is 11.4. The van der Waals surface area contributed by atoms with Crippen molar-refractivity contribution in [3.05, 3.63) is 38.0 Å². The van der Waals surface area contributed by atoms with Crippen molar-refractivity contribution in [3.63, 3.8) is 0 Å². The summed E-state index contributed by atoms with van der Waals surface area (Å²) < 4.78 is 20.3. The number of esters is 3. The number of carbonyl (C=O) groups is 3. The number of hydrogen-bond acceptors (Lipinski definition) is 8. The van der Waals surface area contributed by atoms with E-state index in [1.54, 1.807) is 0 Å². The number of carbonyl (C=O) groups excluding carboxylic acids is 3. The van der Waals surface area contributed by atoms with Crippen LogP contribution in [0.15, 0.2) is 38.0 Å². The first-order valence-electron chi connectivity index (χ1n) is 6.29. The molecule has 8 nitrogen and oxygen atoms in total. The van der Waals surface area contributed by atoms with Crippen LogP contribution in [0.4, 0.5) is 0 Å². The summed E-state index contributed by atoms with van der Waals surface area (Å²) in [5.74, 6) is -2.34. The van der Waals surface area contributed by atoms with Crippen LogP contribution >= 0.6 is 0 Å². The fraction of sp³-hybridized carbons (Fsp3) is 0.357. The van der Waals surface area contributed by atoms with Crippen LogP contribution in [0.2, 0.25) is 0 Å². The fourth-order valence-corrected chi connectivity index (χ4v) is 1.73. The van der Waals surface area contributed by atoms with E-state index in [0.29, 0.717) is 0 Å². The summed E-state index contributed by atoms with van der Waals surface area (Å²) in [6.07, 6.45) is -1.64. The molecule has 0 aliphatic carbocycles. The lowest BCUT2D eigenvalue weighted by Crippen LogP contribution is -2.60.